The topological polar surface area (TPSA) is 4.10 Å². The van der Waals surface area contributed by atoms with E-state index >= 15 is 0 Å². The Balaban J connectivity index is 1.94. The van der Waals surface area contributed by atoms with Crippen molar-refractivity contribution in [2.45, 2.75) is 0 Å². The number of hydrogen-bond donors (Lipinski definition) is 0. The molecule has 0 N–H and O–H groups in total. The summed E-state index contributed by atoms with van der Waals surface area (Å²) in [6.07, 6.45) is 2.17. The van der Waals surface area contributed by atoms with E-state index in [0.717, 1.165) is 15.6 Å². The second-order valence-corrected chi connectivity index (χ2v) is 7.64. The van der Waals surface area contributed by atoms with Gasteiger partial charge in [0.1, 0.15) is 9.58 Å². The number of aromatic nitrogens is 1. The smallest absolute Gasteiger partial charge is 0.139 e. The third-order valence-corrected chi connectivity index (χ3v) is 6.00. The fraction of sp³-hybridized carbons (Fsp3) is 0. The number of benzene rings is 2. The molecule has 98 valence electrons. The quantitative estimate of drug-likeness (QED) is 0.394. The Morgan fingerprint density at radius 1 is 0.850 bits per heavy atom. The van der Waals surface area contributed by atoms with E-state index < -0.39 is 0 Å². The van der Waals surface area contributed by atoms with E-state index in [4.69, 9.17) is 23.2 Å². The highest BCUT2D eigenvalue weighted by Crippen LogP contribution is 2.33. The van der Waals surface area contributed by atoms with E-state index in [9.17, 15) is 0 Å². The van der Waals surface area contributed by atoms with Crippen LogP contribution in [0.2, 0.25) is 10.0 Å². The summed E-state index contributed by atoms with van der Waals surface area (Å²) in [5.41, 5.74) is 2.35. The average Bonchev–Trinajstić information content (AvgIpc) is 2.98. The number of halogens is 2. The number of nitrogens with zero attached hydrogens (tertiary/aromatic N) is 1. The van der Waals surface area contributed by atoms with Gasteiger partial charge in [0.05, 0.1) is 0 Å². The standard InChI is InChI=1S/C15H8Cl2NS2/c16-10-3-1-9(2-4-10)14-8-18-12-7-11(17)5-6-13(12)19-15(18)20-14/h1-8H/q+1. The lowest BCUT2D eigenvalue weighted by Gasteiger charge is -1.93. The predicted molar refractivity (Wildman–Crippen MR) is 88.3 cm³/mol. The largest absolute Gasteiger partial charge is 0.326 e. The van der Waals surface area contributed by atoms with Crippen LogP contribution in [-0.4, -0.2) is 0 Å². The molecular formula is C15H8Cl2NS2+. The lowest BCUT2D eigenvalue weighted by Crippen LogP contribution is -2.14. The van der Waals surface area contributed by atoms with Gasteiger partial charge in [-0.05, 0) is 29.8 Å². The molecule has 0 aliphatic carbocycles. The average molecular weight is 337 g/mol. The first kappa shape index (κ1) is 12.6. The molecule has 0 unspecified atom stereocenters. The number of fused-ring (bicyclic) bond motifs is 3. The van der Waals surface area contributed by atoms with Crippen LogP contribution in [0.4, 0.5) is 0 Å². The van der Waals surface area contributed by atoms with E-state index in [1.54, 1.807) is 22.7 Å². The molecule has 0 radical (unpaired) electrons. The minimum absolute atomic E-state index is 0.761. The number of thiazole rings is 2. The van der Waals surface area contributed by atoms with Gasteiger partial charge in [0, 0.05) is 16.1 Å². The molecule has 0 spiro atoms. The first-order chi connectivity index (χ1) is 9.70. The molecule has 0 bridgehead atoms. The van der Waals surface area contributed by atoms with Crippen LogP contribution in [0.3, 0.4) is 0 Å². The first-order valence-corrected chi connectivity index (χ1v) is 8.39. The molecule has 0 aliphatic heterocycles. The minimum Gasteiger partial charge on any atom is -0.139 e. The molecule has 0 fully saturated rings. The summed E-state index contributed by atoms with van der Waals surface area (Å²) in [6, 6.07) is 14.0. The van der Waals surface area contributed by atoms with Crippen LogP contribution in [0.15, 0.2) is 48.7 Å². The molecule has 0 saturated carbocycles. The normalized spacial score (nSPS) is 11.5. The lowest BCUT2D eigenvalue weighted by molar-refractivity contribution is -0.472. The van der Waals surface area contributed by atoms with Crippen molar-refractivity contribution < 1.29 is 4.40 Å². The predicted octanol–water partition coefficient (Wildman–Crippen LogP) is 5.68. The summed E-state index contributed by atoms with van der Waals surface area (Å²) in [4.78, 5) is 1.23. The molecule has 0 aliphatic rings. The van der Waals surface area contributed by atoms with Crippen LogP contribution in [0.5, 0.6) is 0 Å². The summed E-state index contributed by atoms with van der Waals surface area (Å²) >= 11 is 15.6. The molecule has 0 saturated heterocycles. The zero-order valence-electron chi connectivity index (χ0n) is 10.1. The highest BCUT2D eigenvalue weighted by molar-refractivity contribution is 7.39. The second-order valence-electron chi connectivity index (χ2n) is 4.45. The van der Waals surface area contributed by atoms with Crippen molar-refractivity contribution in [1.82, 2.24) is 0 Å². The fourth-order valence-electron chi connectivity index (χ4n) is 2.18. The Morgan fingerprint density at radius 2 is 1.60 bits per heavy atom. The number of rotatable bonds is 1. The van der Waals surface area contributed by atoms with Crippen LogP contribution in [0.25, 0.3) is 24.8 Å². The summed E-state index contributed by atoms with van der Waals surface area (Å²) in [5, 5.41) is 1.53. The molecule has 20 heavy (non-hydrogen) atoms. The van der Waals surface area contributed by atoms with Crippen LogP contribution < -0.4 is 4.40 Å². The van der Waals surface area contributed by atoms with Gasteiger partial charge in [-0.15, -0.1) is 4.40 Å². The van der Waals surface area contributed by atoms with Crippen molar-refractivity contribution in [3.8, 4) is 10.4 Å². The monoisotopic (exact) mass is 336 g/mol. The molecule has 1 nitrogen and oxygen atoms in total. The van der Waals surface area contributed by atoms with Crippen LogP contribution in [0, 0.1) is 0 Å². The lowest BCUT2D eigenvalue weighted by atomic mass is 10.2. The Morgan fingerprint density at radius 3 is 2.40 bits per heavy atom. The van der Waals surface area contributed by atoms with Gasteiger partial charge in [-0.1, -0.05) is 58.0 Å². The van der Waals surface area contributed by atoms with Crippen molar-refractivity contribution in [3.63, 3.8) is 0 Å². The van der Waals surface area contributed by atoms with E-state index in [2.05, 4.69) is 16.7 Å². The van der Waals surface area contributed by atoms with Crippen molar-refractivity contribution in [1.29, 1.82) is 0 Å². The van der Waals surface area contributed by atoms with Crippen LogP contribution >= 0.6 is 45.9 Å². The van der Waals surface area contributed by atoms with E-state index in [1.807, 2.05) is 36.4 Å². The van der Waals surface area contributed by atoms with Gasteiger partial charge in [0.25, 0.3) is 0 Å². The van der Waals surface area contributed by atoms with Crippen molar-refractivity contribution in [2.75, 3.05) is 0 Å². The second kappa shape index (κ2) is 4.71. The summed E-state index contributed by atoms with van der Waals surface area (Å²) in [5.74, 6) is 0. The molecule has 2 aromatic carbocycles. The molecular weight excluding hydrogens is 329 g/mol. The van der Waals surface area contributed by atoms with Gasteiger partial charge in [-0.2, -0.15) is 0 Å². The zero-order chi connectivity index (χ0) is 13.7. The van der Waals surface area contributed by atoms with E-state index in [-0.39, 0.29) is 0 Å². The van der Waals surface area contributed by atoms with Crippen LogP contribution in [-0.2, 0) is 0 Å². The SMILES string of the molecule is Clc1ccc(-c2c[n+]3c(s2)sc2ccc(Cl)cc23)cc1. The van der Waals surface area contributed by atoms with Gasteiger partial charge >= 0.3 is 4.14 Å². The van der Waals surface area contributed by atoms with Crippen LogP contribution in [0.1, 0.15) is 0 Å². The van der Waals surface area contributed by atoms with E-state index in [0.29, 0.717) is 0 Å². The minimum atomic E-state index is 0.761. The van der Waals surface area contributed by atoms with Crippen molar-refractivity contribution >= 4 is 60.2 Å². The molecule has 2 heterocycles. The van der Waals surface area contributed by atoms with Gasteiger partial charge in [0.15, 0.2) is 6.20 Å². The van der Waals surface area contributed by atoms with Crippen molar-refractivity contribution in [2.24, 2.45) is 0 Å². The fourth-order valence-corrected chi connectivity index (χ4v) is 4.87. The maximum absolute atomic E-state index is 6.10. The molecule has 0 atom stereocenters. The third kappa shape index (κ3) is 2.02. The van der Waals surface area contributed by atoms with Gasteiger partial charge < -0.3 is 0 Å². The summed E-state index contributed by atoms with van der Waals surface area (Å²) in [7, 11) is 0. The summed E-state index contributed by atoms with van der Waals surface area (Å²) in [6.45, 7) is 0. The highest BCUT2D eigenvalue weighted by Gasteiger charge is 2.19. The molecule has 4 rings (SSSR count). The Hall–Kier alpha value is -1.13. The van der Waals surface area contributed by atoms with Crippen molar-refractivity contribution in [3.05, 3.63) is 58.7 Å². The first-order valence-electron chi connectivity index (χ1n) is 6.00. The maximum Gasteiger partial charge on any atom is 0.326 e. The molecule has 5 heteroatoms. The third-order valence-electron chi connectivity index (χ3n) is 3.15. The number of hydrogen-bond acceptors (Lipinski definition) is 2. The maximum atomic E-state index is 6.10. The Labute approximate surface area is 133 Å². The molecule has 0 amide bonds. The van der Waals surface area contributed by atoms with Gasteiger partial charge in [-0.25, -0.2) is 0 Å². The Bertz CT molecular complexity index is 922. The zero-order valence-corrected chi connectivity index (χ0v) is 13.3. The van der Waals surface area contributed by atoms with Gasteiger partial charge in [0.2, 0.25) is 5.52 Å². The summed E-state index contributed by atoms with van der Waals surface area (Å²) < 4.78 is 4.72. The molecule has 2 aromatic heterocycles. The highest BCUT2D eigenvalue weighted by atomic mass is 35.5. The Kier molecular flexibility index (Phi) is 2.97. The van der Waals surface area contributed by atoms with E-state index in [1.165, 1.54) is 19.3 Å². The molecule has 4 aromatic rings. The van der Waals surface area contributed by atoms with Gasteiger partial charge in [-0.3, -0.25) is 0 Å².